The summed E-state index contributed by atoms with van der Waals surface area (Å²) in [6.07, 6.45) is 0. The average molecular weight is 586 g/mol. The molecular formula is C30H29Cl2NO7. The normalized spacial score (nSPS) is 16.8. The number of phenols is 1. The summed E-state index contributed by atoms with van der Waals surface area (Å²) in [5.74, 6) is -1.56. The first kappa shape index (κ1) is 29.1. The third-order valence-electron chi connectivity index (χ3n) is 6.27. The van der Waals surface area contributed by atoms with Gasteiger partial charge < -0.3 is 29.3 Å². The van der Waals surface area contributed by atoms with Crippen molar-refractivity contribution in [3.8, 4) is 23.0 Å². The number of carbonyl (C=O) groups excluding carboxylic acids is 2. The number of amides is 1. The molecule has 1 atom stereocenters. The van der Waals surface area contributed by atoms with Crippen molar-refractivity contribution < 1.29 is 34.0 Å². The van der Waals surface area contributed by atoms with Crippen LogP contribution < -0.4 is 14.2 Å². The van der Waals surface area contributed by atoms with Crippen LogP contribution in [-0.4, -0.2) is 46.6 Å². The average Bonchev–Trinajstić information content (AvgIpc) is 3.14. The van der Waals surface area contributed by atoms with E-state index in [-0.39, 0.29) is 45.0 Å². The maximum Gasteiger partial charge on any atom is 0.295 e. The van der Waals surface area contributed by atoms with E-state index >= 15 is 0 Å². The number of carbonyl (C=O) groups is 2. The fraction of sp³-hybridized carbons (Fsp3) is 0.267. The van der Waals surface area contributed by atoms with E-state index in [4.69, 9.17) is 37.4 Å². The zero-order valence-electron chi connectivity index (χ0n) is 22.6. The fourth-order valence-corrected chi connectivity index (χ4v) is 5.27. The van der Waals surface area contributed by atoms with Crippen molar-refractivity contribution in [2.45, 2.75) is 39.0 Å². The number of aliphatic hydroxyl groups excluding tert-OH is 1. The lowest BCUT2D eigenvalue weighted by atomic mass is 9.94. The number of ether oxygens (including phenoxy) is 3. The van der Waals surface area contributed by atoms with E-state index in [1.165, 1.54) is 37.3 Å². The predicted molar refractivity (Wildman–Crippen MR) is 152 cm³/mol. The van der Waals surface area contributed by atoms with Gasteiger partial charge in [-0.1, -0.05) is 53.5 Å². The van der Waals surface area contributed by atoms with Gasteiger partial charge in [0.1, 0.15) is 27.9 Å². The van der Waals surface area contributed by atoms with E-state index < -0.39 is 29.1 Å². The fourth-order valence-electron chi connectivity index (χ4n) is 4.59. The molecule has 8 nitrogen and oxygen atoms in total. The summed E-state index contributed by atoms with van der Waals surface area (Å²) in [7, 11) is 2.72. The van der Waals surface area contributed by atoms with Gasteiger partial charge in [-0.25, -0.2) is 0 Å². The third kappa shape index (κ3) is 5.55. The zero-order chi connectivity index (χ0) is 29.4. The van der Waals surface area contributed by atoms with Crippen molar-refractivity contribution in [1.82, 2.24) is 4.90 Å². The Kier molecular flexibility index (Phi) is 8.23. The molecule has 0 saturated carbocycles. The van der Waals surface area contributed by atoms with Gasteiger partial charge >= 0.3 is 0 Å². The molecule has 1 amide bonds. The summed E-state index contributed by atoms with van der Waals surface area (Å²) < 4.78 is 16.8. The first-order valence-electron chi connectivity index (χ1n) is 12.3. The number of aliphatic hydroxyl groups is 1. The highest BCUT2D eigenvalue weighted by atomic mass is 35.5. The first-order valence-corrected chi connectivity index (χ1v) is 13.1. The van der Waals surface area contributed by atoms with Crippen molar-refractivity contribution in [1.29, 1.82) is 0 Å². The Morgan fingerprint density at radius 2 is 1.60 bits per heavy atom. The molecule has 0 spiro atoms. The topological polar surface area (TPSA) is 106 Å². The van der Waals surface area contributed by atoms with Crippen LogP contribution in [0.1, 0.15) is 43.5 Å². The molecule has 0 bridgehead atoms. The Hall–Kier alpha value is -3.88. The second-order valence-electron chi connectivity index (χ2n) is 10.1. The Morgan fingerprint density at radius 3 is 2.20 bits per heavy atom. The maximum atomic E-state index is 13.6. The van der Waals surface area contributed by atoms with Crippen LogP contribution in [0.25, 0.3) is 5.76 Å². The van der Waals surface area contributed by atoms with Crippen molar-refractivity contribution in [2.75, 3.05) is 14.2 Å². The number of aromatic hydroxyl groups is 1. The number of Topliss-reactive ketones (excluding diaryl/α,β-unsaturated/α-hetero) is 1. The Balaban J connectivity index is 1.92. The van der Waals surface area contributed by atoms with Crippen LogP contribution in [0, 0.1) is 0 Å². The molecule has 0 aliphatic carbocycles. The van der Waals surface area contributed by atoms with E-state index in [0.29, 0.717) is 16.9 Å². The largest absolute Gasteiger partial charge is 0.508 e. The first-order chi connectivity index (χ1) is 18.9. The molecule has 4 rings (SSSR count). The van der Waals surface area contributed by atoms with E-state index in [0.717, 1.165) is 0 Å². The summed E-state index contributed by atoms with van der Waals surface area (Å²) >= 11 is 12.8. The summed E-state index contributed by atoms with van der Waals surface area (Å²) in [5.41, 5.74) is 0.454. The number of likely N-dealkylation sites (tertiary alicyclic amines) is 1. The van der Waals surface area contributed by atoms with Gasteiger partial charge in [0.2, 0.25) is 0 Å². The van der Waals surface area contributed by atoms with E-state index in [1.54, 1.807) is 24.3 Å². The number of methoxy groups -OCH3 is 2. The Bertz CT molecular complexity index is 1490. The molecule has 0 radical (unpaired) electrons. The van der Waals surface area contributed by atoms with Gasteiger partial charge in [0.15, 0.2) is 11.5 Å². The number of halogens is 2. The van der Waals surface area contributed by atoms with Crippen molar-refractivity contribution in [2.24, 2.45) is 0 Å². The highest BCUT2D eigenvalue weighted by Gasteiger charge is 2.47. The lowest BCUT2D eigenvalue weighted by Gasteiger charge is -2.28. The van der Waals surface area contributed by atoms with Crippen molar-refractivity contribution >= 4 is 40.7 Å². The van der Waals surface area contributed by atoms with E-state index in [2.05, 4.69) is 0 Å². The predicted octanol–water partition coefficient (Wildman–Crippen LogP) is 6.52. The number of para-hydroxylation sites is 1. The van der Waals surface area contributed by atoms with Gasteiger partial charge in [-0.05, 0) is 50.6 Å². The molecule has 1 saturated heterocycles. The monoisotopic (exact) mass is 585 g/mol. The van der Waals surface area contributed by atoms with Crippen LogP contribution in [0.5, 0.6) is 23.0 Å². The van der Waals surface area contributed by atoms with Gasteiger partial charge in [0, 0.05) is 5.56 Å². The number of hydrogen-bond donors (Lipinski definition) is 2. The quantitative estimate of drug-likeness (QED) is 0.185. The Labute approximate surface area is 242 Å². The molecule has 2 N–H and O–H groups in total. The molecular weight excluding hydrogens is 557 g/mol. The highest BCUT2D eigenvalue weighted by molar-refractivity contribution is 6.47. The second kappa shape index (κ2) is 11.3. The summed E-state index contributed by atoms with van der Waals surface area (Å²) in [5, 5.41) is 21.5. The van der Waals surface area contributed by atoms with Crippen LogP contribution in [0.4, 0.5) is 0 Å². The standard InChI is InChI=1S/C30H29Cl2NO7/c1-30(2,3)40-21-9-7-6-8-17(21)15-33-24(16-10-12-18(34)13-11-16)22(26(36)29(33)37)25(35)19-14-20(31)28(39-5)23(32)27(19)38-4/h6-14,24,34-35H,15H2,1-5H3/b25-22+. The summed E-state index contributed by atoms with van der Waals surface area (Å²) in [4.78, 5) is 28.4. The van der Waals surface area contributed by atoms with Gasteiger partial charge in [-0.2, -0.15) is 0 Å². The van der Waals surface area contributed by atoms with Crippen LogP contribution >= 0.6 is 23.2 Å². The molecule has 210 valence electrons. The molecule has 1 fully saturated rings. The molecule has 3 aromatic carbocycles. The van der Waals surface area contributed by atoms with Gasteiger partial charge in [0.05, 0.1) is 43.0 Å². The van der Waals surface area contributed by atoms with Crippen LogP contribution in [0.3, 0.4) is 0 Å². The smallest absolute Gasteiger partial charge is 0.295 e. The van der Waals surface area contributed by atoms with E-state index in [9.17, 15) is 19.8 Å². The minimum absolute atomic E-state index is 0.0000108. The zero-order valence-corrected chi connectivity index (χ0v) is 24.1. The number of nitrogens with zero attached hydrogens (tertiary/aromatic N) is 1. The molecule has 1 unspecified atom stereocenters. The van der Waals surface area contributed by atoms with Crippen LogP contribution in [0.15, 0.2) is 60.2 Å². The molecule has 3 aromatic rings. The molecule has 40 heavy (non-hydrogen) atoms. The Morgan fingerprint density at radius 1 is 0.975 bits per heavy atom. The third-order valence-corrected chi connectivity index (χ3v) is 6.90. The van der Waals surface area contributed by atoms with Crippen LogP contribution in [0.2, 0.25) is 10.0 Å². The number of benzene rings is 3. The summed E-state index contributed by atoms with van der Waals surface area (Å²) in [6.45, 7) is 5.72. The number of ketones is 1. The highest BCUT2D eigenvalue weighted by Crippen LogP contribution is 2.47. The SMILES string of the molecule is COc1c(Cl)cc(/C(O)=C2\C(=O)C(=O)N(Cc3ccccc3OC(C)(C)C)C2c2ccc(O)cc2)c(OC)c1Cl. The van der Waals surface area contributed by atoms with E-state index in [1.807, 2.05) is 32.9 Å². The minimum atomic E-state index is -1.02. The molecule has 1 aliphatic heterocycles. The second-order valence-corrected chi connectivity index (χ2v) is 10.9. The minimum Gasteiger partial charge on any atom is -0.508 e. The lowest BCUT2D eigenvalue weighted by molar-refractivity contribution is -0.140. The number of phenolic OH excluding ortho intramolecular Hbond substituents is 1. The molecule has 1 aliphatic rings. The molecule has 0 aromatic heterocycles. The lowest BCUT2D eigenvalue weighted by Crippen LogP contribution is -2.30. The van der Waals surface area contributed by atoms with Gasteiger partial charge in [-0.3, -0.25) is 9.59 Å². The van der Waals surface area contributed by atoms with Gasteiger partial charge in [-0.15, -0.1) is 0 Å². The van der Waals surface area contributed by atoms with Crippen molar-refractivity contribution in [3.63, 3.8) is 0 Å². The van der Waals surface area contributed by atoms with Gasteiger partial charge in [0.25, 0.3) is 11.7 Å². The van der Waals surface area contributed by atoms with Crippen LogP contribution in [-0.2, 0) is 16.1 Å². The summed E-state index contributed by atoms with van der Waals surface area (Å²) in [6, 6.07) is 13.6. The van der Waals surface area contributed by atoms with Crippen molar-refractivity contribution in [3.05, 3.63) is 86.9 Å². The molecule has 1 heterocycles. The number of hydrogen-bond acceptors (Lipinski definition) is 7. The molecule has 10 heteroatoms. The maximum absolute atomic E-state index is 13.6. The number of rotatable bonds is 7.